The topological polar surface area (TPSA) is 66.4 Å². The van der Waals surface area contributed by atoms with E-state index in [2.05, 4.69) is 11.2 Å². The lowest BCUT2D eigenvalue weighted by Crippen LogP contribution is -2.44. The van der Waals surface area contributed by atoms with Crippen LogP contribution in [0, 0.1) is 24.2 Å². The van der Waals surface area contributed by atoms with Gasteiger partial charge in [0.1, 0.15) is 0 Å². The smallest absolute Gasteiger partial charge is 0.306 e. The van der Waals surface area contributed by atoms with Crippen LogP contribution in [0.1, 0.15) is 33.1 Å². The number of terminal acetylenes is 1. The Bertz CT molecular complexity index is 341. The van der Waals surface area contributed by atoms with Crippen LogP contribution in [0.25, 0.3) is 0 Å². The van der Waals surface area contributed by atoms with Crippen molar-refractivity contribution >= 4 is 11.9 Å². The summed E-state index contributed by atoms with van der Waals surface area (Å²) in [7, 11) is 0. The zero-order chi connectivity index (χ0) is 12.3. The second-order valence-electron chi connectivity index (χ2n) is 4.80. The fourth-order valence-electron chi connectivity index (χ4n) is 1.89. The molecule has 16 heavy (non-hydrogen) atoms. The van der Waals surface area contributed by atoms with Gasteiger partial charge in [-0.05, 0) is 33.1 Å². The lowest BCUT2D eigenvalue weighted by Gasteiger charge is -2.22. The van der Waals surface area contributed by atoms with Crippen LogP contribution >= 0.6 is 0 Å². The van der Waals surface area contributed by atoms with Crippen LogP contribution in [0.5, 0.6) is 0 Å². The predicted octanol–water partition coefficient (Wildman–Crippen LogP) is 1.02. The molecule has 0 aromatic heterocycles. The largest absolute Gasteiger partial charge is 0.481 e. The SMILES string of the molecule is C#CC(C)(C)NC(=O)C1CCC(C(=O)O)C1. The van der Waals surface area contributed by atoms with Crippen LogP contribution < -0.4 is 5.32 Å². The van der Waals surface area contributed by atoms with E-state index in [1.54, 1.807) is 13.8 Å². The highest BCUT2D eigenvalue weighted by atomic mass is 16.4. The Morgan fingerprint density at radius 3 is 2.38 bits per heavy atom. The highest BCUT2D eigenvalue weighted by Gasteiger charge is 2.35. The normalized spacial score (nSPS) is 24.8. The van der Waals surface area contributed by atoms with E-state index in [-0.39, 0.29) is 17.7 Å². The molecule has 2 N–H and O–H groups in total. The van der Waals surface area contributed by atoms with Gasteiger partial charge < -0.3 is 10.4 Å². The fourth-order valence-corrected chi connectivity index (χ4v) is 1.89. The standard InChI is InChI=1S/C12H17NO3/c1-4-12(2,3)13-10(14)8-5-6-9(7-8)11(15)16/h1,8-9H,5-7H2,2-3H3,(H,13,14)(H,15,16). The molecule has 0 aromatic carbocycles. The number of carbonyl (C=O) groups excluding carboxylic acids is 1. The van der Waals surface area contributed by atoms with Crippen LogP contribution in [-0.2, 0) is 9.59 Å². The van der Waals surface area contributed by atoms with Crippen LogP contribution in [0.4, 0.5) is 0 Å². The minimum Gasteiger partial charge on any atom is -0.481 e. The molecule has 2 unspecified atom stereocenters. The quantitative estimate of drug-likeness (QED) is 0.702. The summed E-state index contributed by atoms with van der Waals surface area (Å²) in [5.74, 6) is 0.937. The first-order valence-electron chi connectivity index (χ1n) is 5.38. The summed E-state index contributed by atoms with van der Waals surface area (Å²) in [5, 5.41) is 11.6. The number of aliphatic carboxylic acids is 1. The van der Waals surface area contributed by atoms with E-state index in [4.69, 9.17) is 11.5 Å². The van der Waals surface area contributed by atoms with Gasteiger partial charge in [-0.25, -0.2) is 0 Å². The van der Waals surface area contributed by atoms with E-state index in [1.165, 1.54) is 0 Å². The van der Waals surface area contributed by atoms with Gasteiger partial charge in [-0.2, -0.15) is 0 Å². The van der Waals surface area contributed by atoms with E-state index in [9.17, 15) is 9.59 Å². The Morgan fingerprint density at radius 1 is 1.38 bits per heavy atom. The summed E-state index contributed by atoms with van der Waals surface area (Å²) < 4.78 is 0. The van der Waals surface area contributed by atoms with Crippen molar-refractivity contribution in [3.8, 4) is 12.3 Å². The van der Waals surface area contributed by atoms with E-state index in [1.807, 2.05) is 0 Å². The average Bonchev–Trinajstić information content (AvgIpc) is 2.66. The molecule has 4 heteroatoms. The molecule has 1 rings (SSSR count). The molecule has 0 spiro atoms. The number of carboxylic acids is 1. The number of amides is 1. The van der Waals surface area contributed by atoms with E-state index in [0.717, 1.165) is 0 Å². The summed E-state index contributed by atoms with van der Waals surface area (Å²) >= 11 is 0. The Balaban J connectivity index is 2.53. The molecule has 0 aromatic rings. The number of hydrogen-bond donors (Lipinski definition) is 2. The number of carbonyl (C=O) groups is 2. The second kappa shape index (κ2) is 4.56. The van der Waals surface area contributed by atoms with E-state index in [0.29, 0.717) is 19.3 Å². The van der Waals surface area contributed by atoms with Crippen molar-refractivity contribution in [2.24, 2.45) is 11.8 Å². The molecule has 4 nitrogen and oxygen atoms in total. The summed E-state index contributed by atoms with van der Waals surface area (Å²) in [4.78, 5) is 22.5. The third-order valence-electron chi connectivity index (χ3n) is 2.95. The molecular weight excluding hydrogens is 206 g/mol. The van der Waals surface area contributed by atoms with Gasteiger partial charge in [0.2, 0.25) is 5.91 Å². The molecule has 1 fully saturated rings. The first kappa shape index (κ1) is 12.6. The highest BCUT2D eigenvalue weighted by Crippen LogP contribution is 2.31. The van der Waals surface area contributed by atoms with Crippen molar-refractivity contribution in [2.75, 3.05) is 0 Å². The maximum absolute atomic E-state index is 11.8. The third kappa shape index (κ3) is 2.99. The average molecular weight is 223 g/mol. The molecule has 0 heterocycles. The Kier molecular flexibility index (Phi) is 3.58. The predicted molar refractivity (Wildman–Crippen MR) is 59.5 cm³/mol. The Hall–Kier alpha value is -1.50. The van der Waals surface area contributed by atoms with Gasteiger partial charge >= 0.3 is 5.97 Å². The van der Waals surface area contributed by atoms with Crippen molar-refractivity contribution in [2.45, 2.75) is 38.6 Å². The van der Waals surface area contributed by atoms with Crippen molar-refractivity contribution in [1.29, 1.82) is 0 Å². The minimum absolute atomic E-state index is 0.133. The summed E-state index contributed by atoms with van der Waals surface area (Å²) in [6.07, 6.45) is 6.89. The Labute approximate surface area is 95.4 Å². The van der Waals surface area contributed by atoms with Crippen molar-refractivity contribution in [3.05, 3.63) is 0 Å². The second-order valence-corrected chi connectivity index (χ2v) is 4.80. The lowest BCUT2D eigenvalue weighted by atomic mass is 10.0. The molecule has 88 valence electrons. The number of carboxylic acid groups (broad SMARTS) is 1. The number of rotatable bonds is 3. The zero-order valence-corrected chi connectivity index (χ0v) is 9.62. The van der Waals surface area contributed by atoms with Gasteiger partial charge in [0.25, 0.3) is 0 Å². The molecule has 1 saturated carbocycles. The summed E-state index contributed by atoms with van der Waals surface area (Å²) in [6.45, 7) is 3.49. The molecule has 1 aliphatic rings. The van der Waals surface area contributed by atoms with Gasteiger partial charge in [0.15, 0.2) is 0 Å². The monoisotopic (exact) mass is 223 g/mol. The molecule has 2 atom stereocenters. The highest BCUT2D eigenvalue weighted by molar-refractivity contribution is 5.81. The van der Waals surface area contributed by atoms with Crippen LogP contribution in [0.2, 0.25) is 0 Å². The fraction of sp³-hybridized carbons (Fsp3) is 0.667. The van der Waals surface area contributed by atoms with Crippen LogP contribution in [0.3, 0.4) is 0 Å². The van der Waals surface area contributed by atoms with Gasteiger partial charge in [-0.1, -0.05) is 5.92 Å². The first-order valence-corrected chi connectivity index (χ1v) is 5.38. The maximum Gasteiger partial charge on any atom is 0.306 e. The molecule has 0 bridgehead atoms. The van der Waals surface area contributed by atoms with Crippen molar-refractivity contribution in [1.82, 2.24) is 5.32 Å². The van der Waals surface area contributed by atoms with Gasteiger partial charge in [0.05, 0.1) is 11.5 Å². The van der Waals surface area contributed by atoms with Crippen LogP contribution in [0.15, 0.2) is 0 Å². The van der Waals surface area contributed by atoms with E-state index < -0.39 is 11.5 Å². The molecule has 0 aliphatic heterocycles. The minimum atomic E-state index is -0.813. The number of nitrogens with one attached hydrogen (secondary N) is 1. The van der Waals surface area contributed by atoms with E-state index >= 15 is 0 Å². The van der Waals surface area contributed by atoms with Gasteiger partial charge in [-0.15, -0.1) is 6.42 Å². The van der Waals surface area contributed by atoms with Gasteiger partial charge in [-0.3, -0.25) is 9.59 Å². The molecule has 0 radical (unpaired) electrons. The first-order chi connectivity index (χ1) is 7.35. The molecule has 0 saturated heterocycles. The molecule has 1 amide bonds. The number of hydrogen-bond acceptors (Lipinski definition) is 2. The zero-order valence-electron chi connectivity index (χ0n) is 9.62. The maximum atomic E-state index is 11.8. The Morgan fingerprint density at radius 2 is 1.94 bits per heavy atom. The van der Waals surface area contributed by atoms with Crippen molar-refractivity contribution < 1.29 is 14.7 Å². The summed E-state index contributed by atoms with van der Waals surface area (Å²) in [6, 6.07) is 0. The van der Waals surface area contributed by atoms with Crippen LogP contribution in [-0.4, -0.2) is 22.5 Å². The van der Waals surface area contributed by atoms with Crippen molar-refractivity contribution in [3.63, 3.8) is 0 Å². The molecule has 1 aliphatic carbocycles. The third-order valence-corrected chi connectivity index (χ3v) is 2.95. The molecular formula is C12H17NO3. The lowest BCUT2D eigenvalue weighted by molar-refractivity contribution is -0.141. The summed E-state index contributed by atoms with van der Waals surface area (Å²) in [5.41, 5.74) is -0.668. The van der Waals surface area contributed by atoms with Gasteiger partial charge in [0, 0.05) is 5.92 Å².